The molecule has 6 heteroatoms. The number of aromatic amines is 1. The monoisotopic (exact) mass is 373 g/mol. The molecular formula is C22H19N3O3. The molecule has 6 nitrogen and oxygen atoms in total. The first-order chi connectivity index (χ1) is 13.8. The van der Waals surface area contributed by atoms with Gasteiger partial charge in [0, 0.05) is 23.9 Å². The molecule has 1 N–H and O–H groups in total. The number of oxazole rings is 1. The summed E-state index contributed by atoms with van der Waals surface area (Å²) in [6.45, 7) is 1.31. The Morgan fingerprint density at radius 2 is 1.96 bits per heavy atom. The Kier molecular flexibility index (Phi) is 4.09. The zero-order chi connectivity index (χ0) is 18.9. The van der Waals surface area contributed by atoms with Crippen molar-refractivity contribution in [1.82, 2.24) is 14.9 Å². The molecule has 5 rings (SSSR count). The van der Waals surface area contributed by atoms with Gasteiger partial charge in [0.15, 0.2) is 6.61 Å². The molecule has 0 bridgehead atoms. The van der Waals surface area contributed by atoms with Crippen LogP contribution in [0.5, 0.6) is 5.75 Å². The summed E-state index contributed by atoms with van der Waals surface area (Å²) in [5, 5.41) is 1.03. The number of para-hydroxylation sites is 2. The molecule has 0 aliphatic carbocycles. The Morgan fingerprint density at radius 1 is 1.14 bits per heavy atom. The summed E-state index contributed by atoms with van der Waals surface area (Å²) in [5.74, 6) is 2.02. The number of rotatable bonds is 4. The molecule has 0 spiro atoms. The number of hydrogen-bond acceptors (Lipinski definition) is 4. The predicted molar refractivity (Wildman–Crippen MR) is 104 cm³/mol. The molecule has 1 amide bonds. The Balaban J connectivity index is 1.29. The number of benzene rings is 2. The second-order valence-corrected chi connectivity index (χ2v) is 6.83. The lowest BCUT2D eigenvalue weighted by Crippen LogP contribution is -2.35. The van der Waals surface area contributed by atoms with Gasteiger partial charge in [0.2, 0.25) is 5.89 Å². The molecule has 1 aliphatic heterocycles. The van der Waals surface area contributed by atoms with Gasteiger partial charge in [-0.25, -0.2) is 4.98 Å². The Bertz CT molecular complexity index is 1100. The number of aromatic nitrogens is 2. The van der Waals surface area contributed by atoms with Crippen LogP contribution >= 0.6 is 0 Å². The van der Waals surface area contributed by atoms with Gasteiger partial charge in [-0.05, 0) is 24.3 Å². The van der Waals surface area contributed by atoms with Gasteiger partial charge < -0.3 is 19.0 Å². The zero-order valence-electron chi connectivity index (χ0n) is 15.2. The highest BCUT2D eigenvalue weighted by Crippen LogP contribution is 2.23. The van der Waals surface area contributed by atoms with Crippen LogP contribution in [0, 0.1) is 0 Å². The molecule has 0 saturated carbocycles. The van der Waals surface area contributed by atoms with Crippen LogP contribution in [0.1, 0.15) is 27.8 Å². The average molecular weight is 373 g/mol. The Morgan fingerprint density at radius 3 is 2.82 bits per heavy atom. The van der Waals surface area contributed by atoms with Crippen LogP contribution in [-0.4, -0.2) is 27.3 Å². The minimum Gasteiger partial charge on any atom is -0.484 e. The maximum Gasteiger partial charge on any atom is 0.270 e. The van der Waals surface area contributed by atoms with E-state index >= 15 is 0 Å². The summed E-state index contributed by atoms with van der Waals surface area (Å²) < 4.78 is 11.6. The van der Waals surface area contributed by atoms with E-state index in [0.717, 1.165) is 28.1 Å². The third-order valence-electron chi connectivity index (χ3n) is 4.93. The van der Waals surface area contributed by atoms with E-state index in [4.69, 9.17) is 9.15 Å². The van der Waals surface area contributed by atoms with E-state index in [1.54, 1.807) is 4.90 Å². The maximum absolute atomic E-state index is 12.9. The lowest BCUT2D eigenvalue weighted by atomic mass is 10.1. The normalized spacial score (nSPS) is 13.5. The van der Waals surface area contributed by atoms with Crippen molar-refractivity contribution in [2.75, 3.05) is 6.54 Å². The largest absolute Gasteiger partial charge is 0.484 e. The van der Waals surface area contributed by atoms with Crippen molar-refractivity contribution in [3.63, 3.8) is 0 Å². The molecule has 28 heavy (non-hydrogen) atoms. The molecule has 4 aromatic rings. The fraction of sp³-hybridized carbons (Fsp3) is 0.182. The smallest absolute Gasteiger partial charge is 0.270 e. The fourth-order valence-electron chi connectivity index (χ4n) is 3.50. The number of hydrogen-bond donors (Lipinski definition) is 1. The van der Waals surface area contributed by atoms with Crippen molar-refractivity contribution >= 4 is 16.8 Å². The lowest BCUT2D eigenvalue weighted by molar-refractivity contribution is 0.0713. The zero-order valence-corrected chi connectivity index (χ0v) is 15.2. The summed E-state index contributed by atoms with van der Waals surface area (Å²) in [6, 6.07) is 19.3. The minimum atomic E-state index is -0.0275. The number of fused-ring (bicyclic) bond motifs is 2. The van der Waals surface area contributed by atoms with Crippen molar-refractivity contribution in [3.8, 4) is 5.75 Å². The highest BCUT2D eigenvalue weighted by molar-refractivity contribution is 5.98. The number of carbonyl (C=O) groups is 1. The van der Waals surface area contributed by atoms with Crippen molar-refractivity contribution in [1.29, 1.82) is 0 Å². The van der Waals surface area contributed by atoms with Gasteiger partial charge in [-0.2, -0.15) is 0 Å². The molecule has 0 saturated heterocycles. The van der Waals surface area contributed by atoms with Gasteiger partial charge in [-0.15, -0.1) is 0 Å². The fourth-order valence-corrected chi connectivity index (χ4v) is 3.50. The van der Waals surface area contributed by atoms with E-state index in [1.165, 1.54) is 0 Å². The van der Waals surface area contributed by atoms with E-state index in [0.29, 0.717) is 31.1 Å². The molecule has 0 atom stereocenters. The molecule has 2 aromatic heterocycles. The van der Waals surface area contributed by atoms with Crippen LogP contribution in [0.25, 0.3) is 10.9 Å². The van der Waals surface area contributed by atoms with E-state index in [-0.39, 0.29) is 12.5 Å². The highest BCUT2D eigenvalue weighted by atomic mass is 16.5. The van der Waals surface area contributed by atoms with Crippen LogP contribution < -0.4 is 4.74 Å². The Hall–Kier alpha value is -3.54. The first-order valence-electron chi connectivity index (χ1n) is 9.28. The second kappa shape index (κ2) is 6.88. The summed E-state index contributed by atoms with van der Waals surface area (Å²) in [4.78, 5) is 22.4. The van der Waals surface area contributed by atoms with Crippen molar-refractivity contribution < 1.29 is 13.9 Å². The number of nitrogens with zero attached hydrogens (tertiary/aromatic N) is 2. The summed E-state index contributed by atoms with van der Waals surface area (Å²) >= 11 is 0. The van der Waals surface area contributed by atoms with Gasteiger partial charge >= 0.3 is 0 Å². The maximum atomic E-state index is 12.9. The first-order valence-corrected chi connectivity index (χ1v) is 9.28. The van der Waals surface area contributed by atoms with E-state index in [2.05, 4.69) is 9.97 Å². The first kappa shape index (κ1) is 16.6. The molecule has 2 aromatic carbocycles. The molecule has 0 radical (unpaired) electrons. The highest BCUT2D eigenvalue weighted by Gasteiger charge is 2.27. The number of carbonyl (C=O) groups excluding carboxylic acids is 1. The quantitative estimate of drug-likeness (QED) is 0.588. The number of ether oxygens (including phenoxy) is 1. The van der Waals surface area contributed by atoms with Gasteiger partial charge in [0.1, 0.15) is 17.2 Å². The van der Waals surface area contributed by atoms with E-state index < -0.39 is 0 Å². The molecule has 140 valence electrons. The van der Waals surface area contributed by atoms with Crippen LogP contribution in [0.2, 0.25) is 0 Å². The molecular weight excluding hydrogens is 354 g/mol. The van der Waals surface area contributed by atoms with Gasteiger partial charge in [-0.3, -0.25) is 4.79 Å². The Labute approximate surface area is 161 Å². The molecule has 0 fully saturated rings. The summed E-state index contributed by atoms with van der Waals surface area (Å²) in [6.07, 6.45) is 0.677. The summed E-state index contributed by atoms with van der Waals surface area (Å²) in [7, 11) is 0. The van der Waals surface area contributed by atoms with Crippen molar-refractivity contribution in [3.05, 3.63) is 83.7 Å². The topological polar surface area (TPSA) is 71.4 Å². The predicted octanol–water partition coefficient (Wildman–Crippen LogP) is 3.93. The SMILES string of the molecule is O=C(c1cc2ccccc2[nH]1)N1CCc2nc(COc3ccccc3)oc2C1. The third-order valence-corrected chi connectivity index (χ3v) is 4.93. The van der Waals surface area contributed by atoms with Crippen LogP contribution in [0.15, 0.2) is 65.1 Å². The van der Waals surface area contributed by atoms with Crippen molar-refractivity contribution in [2.45, 2.75) is 19.6 Å². The van der Waals surface area contributed by atoms with Gasteiger partial charge in [0.25, 0.3) is 5.91 Å². The number of nitrogens with one attached hydrogen (secondary N) is 1. The molecule has 1 aliphatic rings. The van der Waals surface area contributed by atoms with E-state index in [9.17, 15) is 4.79 Å². The van der Waals surface area contributed by atoms with Crippen LogP contribution in [0.4, 0.5) is 0 Å². The van der Waals surface area contributed by atoms with Gasteiger partial charge in [-0.1, -0.05) is 36.4 Å². The van der Waals surface area contributed by atoms with E-state index in [1.807, 2.05) is 60.7 Å². The lowest BCUT2D eigenvalue weighted by Gasteiger charge is -2.24. The van der Waals surface area contributed by atoms with Crippen LogP contribution in [-0.2, 0) is 19.6 Å². The second-order valence-electron chi connectivity index (χ2n) is 6.83. The average Bonchev–Trinajstić information content (AvgIpc) is 3.35. The molecule has 0 unspecified atom stereocenters. The summed E-state index contributed by atoms with van der Waals surface area (Å²) in [5.41, 5.74) is 2.47. The van der Waals surface area contributed by atoms with Gasteiger partial charge in [0.05, 0.1) is 12.2 Å². The number of H-pyrrole nitrogens is 1. The van der Waals surface area contributed by atoms with Crippen molar-refractivity contribution in [2.24, 2.45) is 0 Å². The molecule has 3 heterocycles. The minimum absolute atomic E-state index is 0.0275. The standard InChI is InChI=1S/C22H19N3O3/c26-22(19-12-15-6-4-5-9-17(15)23-19)25-11-10-18-20(13-25)28-21(24-18)14-27-16-7-2-1-3-8-16/h1-9,12,23H,10-11,13-14H2. The number of amides is 1. The third kappa shape index (κ3) is 3.13. The van der Waals surface area contributed by atoms with Crippen LogP contribution in [0.3, 0.4) is 0 Å².